The molecule has 1 aliphatic heterocycles. The lowest BCUT2D eigenvalue weighted by atomic mass is 10.3. The Morgan fingerprint density at radius 2 is 2.00 bits per heavy atom. The van der Waals surface area contributed by atoms with Gasteiger partial charge >= 0.3 is 0 Å². The first kappa shape index (κ1) is 18.5. The van der Waals surface area contributed by atoms with Crippen LogP contribution in [0.3, 0.4) is 0 Å². The van der Waals surface area contributed by atoms with E-state index in [-0.39, 0.29) is 5.75 Å². The highest BCUT2D eigenvalue weighted by atomic mass is 32.2. The maximum Gasteiger partial charge on any atom is 0.214 e. The Balaban J connectivity index is 1.57. The number of hydrogen-bond acceptors (Lipinski definition) is 4. The Morgan fingerprint density at radius 1 is 1.25 bits per heavy atom. The molecule has 0 radical (unpaired) electrons. The summed E-state index contributed by atoms with van der Waals surface area (Å²) in [5.41, 5.74) is 0. The summed E-state index contributed by atoms with van der Waals surface area (Å²) in [4.78, 5) is 4.13. The largest absolute Gasteiger partial charge is 0.494 e. The minimum Gasteiger partial charge on any atom is -0.494 e. The maximum atomic E-state index is 11.7. The van der Waals surface area contributed by atoms with E-state index < -0.39 is 10.0 Å². The van der Waals surface area contributed by atoms with Gasteiger partial charge in [0.15, 0.2) is 5.96 Å². The molecule has 0 aliphatic carbocycles. The van der Waals surface area contributed by atoms with Gasteiger partial charge < -0.3 is 15.4 Å². The van der Waals surface area contributed by atoms with Crippen molar-refractivity contribution in [2.24, 2.45) is 4.99 Å². The highest BCUT2D eigenvalue weighted by molar-refractivity contribution is 7.89. The van der Waals surface area contributed by atoms with Crippen LogP contribution >= 0.6 is 0 Å². The van der Waals surface area contributed by atoms with Gasteiger partial charge in [-0.05, 0) is 25.0 Å². The van der Waals surface area contributed by atoms with Crippen LogP contribution < -0.4 is 15.4 Å². The number of para-hydroxylation sites is 1. The van der Waals surface area contributed by atoms with E-state index in [0.29, 0.717) is 32.2 Å². The lowest BCUT2D eigenvalue weighted by molar-refractivity contribution is 0.311. The van der Waals surface area contributed by atoms with Crippen LogP contribution in [0.4, 0.5) is 0 Å². The minimum atomic E-state index is -3.03. The van der Waals surface area contributed by atoms with Crippen LogP contribution in [0.2, 0.25) is 0 Å². The molecule has 7 nitrogen and oxygen atoms in total. The third kappa shape index (κ3) is 6.01. The van der Waals surface area contributed by atoms with Crippen molar-refractivity contribution in [2.75, 3.05) is 45.6 Å². The summed E-state index contributed by atoms with van der Waals surface area (Å²) in [6.45, 7) is 2.99. The van der Waals surface area contributed by atoms with Gasteiger partial charge in [0.2, 0.25) is 10.0 Å². The minimum absolute atomic E-state index is 0.265. The van der Waals surface area contributed by atoms with Gasteiger partial charge in [-0.1, -0.05) is 18.2 Å². The van der Waals surface area contributed by atoms with Crippen molar-refractivity contribution < 1.29 is 13.2 Å². The smallest absolute Gasteiger partial charge is 0.214 e. The standard InChI is InChI=1S/C16H26N4O3S/c1-17-16(19-10-12-20-11-6-14-24(20,21)22)18-9-5-13-23-15-7-3-2-4-8-15/h2-4,7-8H,5-6,9-14H2,1H3,(H2,17,18,19). The number of hydrogen-bond donors (Lipinski definition) is 2. The zero-order chi connectivity index (χ0) is 17.3. The predicted molar refractivity (Wildman–Crippen MR) is 95.9 cm³/mol. The molecule has 1 aromatic rings. The molecule has 134 valence electrons. The van der Waals surface area contributed by atoms with Crippen LogP contribution in [0, 0.1) is 0 Å². The second kappa shape index (κ2) is 9.48. The second-order valence-electron chi connectivity index (χ2n) is 5.51. The summed E-state index contributed by atoms with van der Waals surface area (Å²) in [5.74, 6) is 1.81. The lowest BCUT2D eigenvalue weighted by Crippen LogP contribution is -2.42. The number of nitrogens with one attached hydrogen (secondary N) is 2. The monoisotopic (exact) mass is 354 g/mol. The van der Waals surface area contributed by atoms with Gasteiger partial charge in [0.25, 0.3) is 0 Å². The average Bonchev–Trinajstić information content (AvgIpc) is 2.92. The van der Waals surface area contributed by atoms with Gasteiger partial charge in [-0.3, -0.25) is 4.99 Å². The van der Waals surface area contributed by atoms with Crippen molar-refractivity contribution in [3.8, 4) is 5.75 Å². The van der Waals surface area contributed by atoms with Crippen LogP contribution in [0.1, 0.15) is 12.8 Å². The molecule has 2 rings (SSSR count). The Bertz CT molecular complexity index is 619. The van der Waals surface area contributed by atoms with Gasteiger partial charge in [-0.15, -0.1) is 0 Å². The van der Waals surface area contributed by atoms with Crippen molar-refractivity contribution in [2.45, 2.75) is 12.8 Å². The third-order valence-electron chi connectivity index (χ3n) is 3.71. The van der Waals surface area contributed by atoms with E-state index in [1.807, 2.05) is 30.3 Å². The summed E-state index contributed by atoms with van der Waals surface area (Å²) < 4.78 is 30.6. The van der Waals surface area contributed by atoms with Gasteiger partial charge in [0, 0.05) is 33.2 Å². The molecule has 0 amide bonds. The molecule has 1 fully saturated rings. The first-order chi connectivity index (χ1) is 11.6. The van der Waals surface area contributed by atoms with E-state index in [9.17, 15) is 8.42 Å². The van der Waals surface area contributed by atoms with Crippen LogP contribution in [-0.4, -0.2) is 64.3 Å². The van der Waals surface area contributed by atoms with Crippen molar-refractivity contribution in [3.05, 3.63) is 30.3 Å². The molecule has 2 N–H and O–H groups in total. The first-order valence-electron chi connectivity index (χ1n) is 8.22. The number of rotatable bonds is 8. The summed E-state index contributed by atoms with van der Waals surface area (Å²) in [6, 6.07) is 9.71. The number of ether oxygens (including phenoxy) is 1. The summed E-state index contributed by atoms with van der Waals surface area (Å²) in [7, 11) is -1.33. The van der Waals surface area contributed by atoms with Crippen LogP contribution in [0.15, 0.2) is 35.3 Å². The molecule has 0 spiro atoms. The van der Waals surface area contributed by atoms with E-state index in [4.69, 9.17) is 4.74 Å². The summed E-state index contributed by atoms with van der Waals surface area (Å²) >= 11 is 0. The Kier molecular flexibility index (Phi) is 7.33. The molecule has 8 heteroatoms. The third-order valence-corrected chi connectivity index (χ3v) is 5.66. The van der Waals surface area contributed by atoms with Gasteiger partial charge in [0.1, 0.15) is 5.75 Å². The van der Waals surface area contributed by atoms with Gasteiger partial charge in [0.05, 0.1) is 12.4 Å². The predicted octanol–water partition coefficient (Wildman–Crippen LogP) is 0.656. The zero-order valence-electron chi connectivity index (χ0n) is 14.1. The Labute approximate surface area is 144 Å². The van der Waals surface area contributed by atoms with E-state index in [2.05, 4.69) is 15.6 Å². The quantitative estimate of drug-likeness (QED) is 0.407. The van der Waals surface area contributed by atoms with Crippen molar-refractivity contribution in [1.29, 1.82) is 0 Å². The van der Waals surface area contributed by atoms with E-state index in [0.717, 1.165) is 25.1 Å². The van der Waals surface area contributed by atoms with Crippen molar-refractivity contribution >= 4 is 16.0 Å². The molecular weight excluding hydrogens is 328 g/mol. The number of sulfonamides is 1. The molecule has 0 unspecified atom stereocenters. The first-order valence-corrected chi connectivity index (χ1v) is 9.83. The normalized spacial score (nSPS) is 17.6. The molecule has 1 aromatic carbocycles. The van der Waals surface area contributed by atoms with E-state index in [1.54, 1.807) is 7.05 Å². The van der Waals surface area contributed by atoms with Crippen LogP contribution in [0.25, 0.3) is 0 Å². The highest BCUT2D eigenvalue weighted by Gasteiger charge is 2.27. The van der Waals surface area contributed by atoms with Crippen molar-refractivity contribution in [1.82, 2.24) is 14.9 Å². The zero-order valence-corrected chi connectivity index (χ0v) is 14.9. The number of benzene rings is 1. The molecule has 0 aromatic heterocycles. The van der Waals surface area contributed by atoms with Crippen LogP contribution in [-0.2, 0) is 10.0 Å². The topological polar surface area (TPSA) is 83.0 Å². The van der Waals surface area contributed by atoms with Gasteiger partial charge in [-0.25, -0.2) is 12.7 Å². The molecule has 24 heavy (non-hydrogen) atoms. The molecule has 0 saturated carbocycles. The molecular formula is C16H26N4O3S. The fraction of sp³-hybridized carbons (Fsp3) is 0.562. The maximum absolute atomic E-state index is 11.7. The van der Waals surface area contributed by atoms with Crippen LogP contribution in [0.5, 0.6) is 5.75 Å². The number of guanidine groups is 1. The van der Waals surface area contributed by atoms with E-state index >= 15 is 0 Å². The Hall–Kier alpha value is -1.80. The Morgan fingerprint density at radius 3 is 2.67 bits per heavy atom. The molecule has 1 heterocycles. The van der Waals surface area contributed by atoms with E-state index in [1.165, 1.54) is 4.31 Å². The fourth-order valence-corrected chi connectivity index (χ4v) is 3.98. The molecule has 1 saturated heterocycles. The number of aliphatic imine (C=N–C) groups is 1. The van der Waals surface area contributed by atoms with Gasteiger partial charge in [-0.2, -0.15) is 0 Å². The summed E-state index contributed by atoms with van der Waals surface area (Å²) in [5, 5.41) is 6.33. The molecule has 1 aliphatic rings. The molecule has 0 atom stereocenters. The SMILES string of the molecule is CN=C(NCCCOc1ccccc1)NCCN1CCCS1(=O)=O. The average molecular weight is 354 g/mol. The molecule has 0 bridgehead atoms. The summed E-state index contributed by atoms with van der Waals surface area (Å²) in [6.07, 6.45) is 1.56. The van der Waals surface area contributed by atoms with Crippen molar-refractivity contribution in [3.63, 3.8) is 0 Å². The second-order valence-corrected chi connectivity index (χ2v) is 7.60. The fourth-order valence-electron chi connectivity index (χ4n) is 2.45. The number of nitrogens with zero attached hydrogens (tertiary/aromatic N) is 2. The lowest BCUT2D eigenvalue weighted by Gasteiger charge is -2.16. The highest BCUT2D eigenvalue weighted by Crippen LogP contribution is 2.11.